The number of phenolic OH excluding ortho intramolecular Hbond substituents is 3. The number of nitrogens with zero attached hydrogens (tertiary/aromatic N) is 3. The number of hydrogen-bond acceptors (Lipinski definition) is 15. The van der Waals surface area contributed by atoms with Crippen molar-refractivity contribution in [1.82, 2.24) is 14.7 Å². The molecular formula is C42H60N6O12. The number of aromatic hydroxyl groups is 3. The second-order valence-electron chi connectivity index (χ2n) is 15.4. The Morgan fingerprint density at radius 2 is 0.717 bits per heavy atom. The van der Waals surface area contributed by atoms with Gasteiger partial charge in [-0.05, 0) is 114 Å². The normalized spacial score (nSPS) is 16.6. The first-order chi connectivity index (χ1) is 28.5. The molecule has 3 unspecified atom stereocenters. The molecule has 18 nitrogen and oxygen atoms in total. The summed E-state index contributed by atoms with van der Waals surface area (Å²) in [6.45, 7) is 7.58. The quantitative estimate of drug-likeness (QED) is 0.0934. The lowest BCUT2D eigenvalue weighted by molar-refractivity contribution is -0.126. The number of benzene rings is 3. The largest absolute Gasteiger partial charge is 0.505 e. The third kappa shape index (κ3) is 13.6. The van der Waals surface area contributed by atoms with Crippen LogP contribution in [0.15, 0.2) is 36.4 Å². The summed E-state index contributed by atoms with van der Waals surface area (Å²) in [5, 5.41) is 98.4. The van der Waals surface area contributed by atoms with Gasteiger partial charge in [0.05, 0.1) is 36.9 Å². The van der Waals surface area contributed by atoms with Crippen molar-refractivity contribution in [3.05, 3.63) is 69.8 Å². The summed E-state index contributed by atoms with van der Waals surface area (Å²) in [7, 11) is 0. The van der Waals surface area contributed by atoms with Gasteiger partial charge in [-0.1, -0.05) is 18.2 Å². The maximum Gasteiger partial charge on any atom is 0.255 e. The number of carbonyl (C=O) groups excluding carboxylic acids is 3. The zero-order valence-corrected chi connectivity index (χ0v) is 34.4. The first-order valence-corrected chi connectivity index (χ1v) is 20.0. The summed E-state index contributed by atoms with van der Waals surface area (Å²) < 4.78 is 0. The summed E-state index contributed by atoms with van der Waals surface area (Å²) in [4.78, 5) is 43.7. The Hall–Kier alpha value is -4.89. The second-order valence-corrected chi connectivity index (χ2v) is 15.4. The van der Waals surface area contributed by atoms with Crippen LogP contribution in [-0.2, 0) is 34.0 Å². The number of amides is 3. The van der Waals surface area contributed by atoms with Gasteiger partial charge in [-0.15, -0.1) is 0 Å². The fraction of sp³-hybridized carbons (Fsp3) is 0.500. The van der Waals surface area contributed by atoms with Crippen LogP contribution in [0.2, 0.25) is 0 Å². The minimum atomic E-state index is -1.66. The van der Waals surface area contributed by atoms with E-state index in [1.54, 1.807) is 18.2 Å². The van der Waals surface area contributed by atoms with Crippen molar-refractivity contribution >= 4 is 34.8 Å². The number of phenols is 3. The maximum absolute atomic E-state index is 12.4. The Morgan fingerprint density at radius 3 is 0.933 bits per heavy atom. The van der Waals surface area contributed by atoms with Gasteiger partial charge in [0, 0.05) is 36.3 Å². The van der Waals surface area contributed by atoms with Gasteiger partial charge in [0.1, 0.15) is 17.2 Å². The predicted octanol–water partition coefficient (Wildman–Crippen LogP) is 0.594. The molecule has 0 radical (unpaired) electrons. The molecule has 0 bridgehead atoms. The first-order valence-electron chi connectivity index (χ1n) is 20.0. The smallest absolute Gasteiger partial charge is 0.255 e. The second kappa shape index (κ2) is 22.6. The van der Waals surface area contributed by atoms with E-state index in [4.69, 9.17) is 0 Å². The number of aryl methyl sites for hydroxylation is 3. The van der Waals surface area contributed by atoms with E-state index in [1.165, 1.54) is 0 Å². The molecule has 18 heteroatoms. The third-order valence-corrected chi connectivity index (χ3v) is 10.2. The molecule has 330 valence electrons. The highest BCUT2D eigenvalue weighted by Crippen LogP contribution is 2.34. The number of aliphatic hydroxyl groups is 6. The van der Waals surface area contributed by atoms with E-state index in [0.717, 1.165) is 16.7 Å². The highest BCUT2D eigenvalue weighted by Gasteiger charge is 2.23. The Labute approximate surface area is 349 Å². The van der Waals surface area contributed by atoms with Gasteiger partial charge in [-0.25, -0.2) is 0 Å². The van der Waals surface area contributed by atoms with E-state index in [-0.39, 0.29) is 34.3 Å². The van der Waals surface area contributed by atoms with Gasteiger partial charge in [-0.2, -0.15) is 0 Å². The van der Waals surface area contributed by atoms with Crippen molar-refractivity contribution < 1.29 is 60.3 Å². The monoisotopic (exact) mass is 840 g/mol. The van der Waals surface area contributed by atoms with E-state index >= 15 is 0 Å². The van der Waals surface area contributed by atoms with Crippen molar-refractivity contribution in [3.8, 4) is 17.2 Å². The van der Waals surface area contributed by atoms with Crippen molar-refractivity contribution in [2.75, 3.05) is 75.0 Å². The molecule has 0 saturated carbocycles. The summed E-state index contributed by atoms with van der Waals surface area (Å²) in [6, 6.07) is 10.2. The Morgan fingerprint density at radius 1 is 0.483 bits per heavy atom. The molecule has 4 rings (SSSR count). The van der Waals surface area contributed by atoms with Crippen LogP contribution in [0.3, 0.4) is 0 Å². The van der Waals surface area contributed by atoms with Crippen LogP contribution in [0.4, 0.5) is 17.1 Å². The Balaban J connectivity index is 1.62. The summed E-state index contributed by atoms with van der Waals surface area (Å²) in [5.41, 5.74) is 4.20. The fourth-order valence-electron chi connectivity index (χ4n) is 7.19. The van der Waals surface area contributed by atoms with Crippen LogP contribution in [-0.4, -0.2) is 156 Å². The van der Waals surface area contributed by atoms with Gasteiger partial charge in [-0.3, -0.25) is 29.1 Å². The summed E-state index contributed by atoms with van der Waals surface area (Å²) >= 11 is 0. The molecule has 0 aromatic heterocycles. The molecule has 3 aromatic carbocycles. The number of nitrogens with one attached hydrogen (secondary N) is 3. The molecule has 60 heavy (non-hydrogen) atoms. The molecule has 3 atom stereocenters. The molecule has 1 aliphatic rings. The topological polar surface area (TPSA) is 279 Å². The van der Waals surface area contributed by atoms with Gasteiger partial charge in [0.25, 0.3) is 17.7 Å². The molecule has 3 aromatic rings. The average molecular weight is 841 g/mol. The number of hydrogen-bond donors (Lipinski definition) is 12. The van der Waals surface area contributed by atoms with Crippen LogP contribution in [0.25, 0.3) is 0 Å². The molecule has 1 saturated heterocycles. The predicted molar refractivity (Wildman–Crippen MR) is 223 cm³/mol. The summed E-state index contributed by atoms with van der Waals surface area (Å²) in [6.07, 6.45) is -2.90. The fourth-order valence-corrected chi connectivity index (χ4v) is 7.19. The number of aliphatic hydroxyl groups excluding tert-OH is 6. The molecular weight excluding hydrogens is 780 g/mol. The van der Waals surface area contributed by atoms with Crippen LogP contribution < -0.4 is 16.0 Å². The minimum Gasteiger partial charge on any atom is -0.505 e. The van der Waals surface area contributed by atoms with Crippen LogP contribution >= 0.6 is 0 Å². The lowest BCUT2D eigenvalue weighted by Gasteiger charge is -2.31. The molecule has 3 amide bonds. The molecule has 12 N–H and O–H groups in total. The lowest BCUT2D eigenvalue weighted by atomic mass is 10.1. The van der Waals surface area contributed by atoms with Crippen LogP contribution in [0, 0.1) is 20.8 Å². The van der Waals surface area contributed by atoms with Gasteiger partial charge in [0.2, 0.25) is 0 Å². The van der Waals surface area contributed by atoms with E-state index in [2.05, 4.69) is 30.7 Å². The minimum absolute atomic E-state index is 0.105. The standard InChI is InChI=1S/C42H60N6O12/c1-25-13-28(37(55)31(16-25)43-40(58)34(52)22-49)19-46-7-4-9-47(20-29-14-26(2)17-32(38(29)56)44-41(59)35(53)23-50)11-6-12-48(10-5-8-46)21-30-15-27(3)18-33(39(30)57)45-42(60)36(54)24-51/h13-18,34-36,49-57H,4-12,19-24H2,1-3H3,(H,43,58)(H,44,59)(H,45,60). The average Bonchev–Trinajstić information content (AvgIpc) is 3.20. The maximum atomic E-state index is 12.4. The Bertz CT molecular complexity index is 1720. The molecule has 0 aliphatic carbocycles. The molecule has 1 fully saturated rings. The van der Waals surface area contributed by atoms with Crippen molar-refractivity contribution in [2.24, 2.45) is 0 Å². The lowest BCUT2D eigenvalue weighted by Crippen LogP contribution is -2.36. The highest BCUT2D eigenvalue weighted by molar-refractivity contribution is 5.97. The Kier molecular flexibility index (Phi) is 18.0. The zero-order valence-electron chi connectivity index (χ0n) is 34.4. The SMILES string of the molecule is Cc1cc(CN2CCCN(Cc3cc(C)cc(NC(=O)C(O)CO)c3O)CCCN(Cc3cc(C)cc(NC(=O)C(O)CO)c3O)CCC2)c(O)c(NC(=O)C(O)CO)c1. The molecule has 0 spiro atoms. The summed E-state index contributed by atoms with van der Waals surface area (Å²) in [5.74, 6) is -3.06. The number of rotatable bonds is 15. The third-order valence-electron chi connectivity index (χ3n) is 10.2. The van der Waals surface area contributed by atoms with E-state index in [0.29, 0.717) is 94.9 Å². The van der Waals surface area contributed by atoms with Gasteiger partial charge >= 0.3 is 0 Å². The van der Waals surface area contributed by atoms with E-state index in [9.17, 15) is 60.3 Å². The van der Waals surface area contributed by atoms with E-state index < -0.39 is 55.9 Å². The number of carbonyl (C=O) groups is 3. The molecule has 1 aliphatic heterocycles. The zero-order chi connectivity index (χ0) is 44.1. The highest BCUT2D eigenvalue weighted by atomic mass is 16.3. The molecule has 1 heterocycles. The van der Waals surface area contributed by atoms with Gasteiger partial charge < -0.3 is 61.9 Å². The van der Waals surface area contributed by atoms with Crippen molar-refractivity contribution in [1.29, 1.82) is 0 Å². The van der Waals surface area contributed by atoms with Crippen LogP contribution in [0.5, 0.6) is 17.2 Å². The van der Waals surface area contributed by atoms with Crippen molar-refractivity contribution in [3.63, 3.8) is 0 Å². The first kappa shape index (κ1) is 47.8. The van der Waals surface area contributed by atoms with Crippen LogP contribution in [0.1, 0.15) is 52.6 Å². The number of anilines is 3. The van der Waals surface area contributed by atoms with E-state index in [1.807, 2.05) is 39.0 Å². The van der Waals surface area contributed by atoms with Gasteiger partial charge in [0.15, 0.2) is 18.3 Å². The van der Waals surface area contributed by atoms with Crippen molar-refractivity contribution in [2.45, 2.75) is 78.0 Å².